The fraction of sp³-hybridized carbons (Fsp3) is 0.250. The molecule has 1 saturated heterocycles. The summed E-state index contributed by atoms with van der Waals surface area (Å²) < 4.78 is 18.9. The molecule has 0 radical (unpaired) electrons. The number of halogens is 1. The van der Waals surface area contributed by atoms with E-state index in [0.717, 1.165) is 11.1 Å². The molecule has 0 bridgehead atoms. The van der Waals surface area contributed by atoms with Gasteiger partial charge in [-0.25, -0.2) is 4.39 Å². The number of rotatable bonds is 5. The zero-order valence-electron chi connectivity index (χ0n) is 17.3. The molecule has 2 aromatic carbocycles. The van der Waals surface area contributed by atoms with E-state index in [2.05, 4.69) is 9.88 Å². The van der Waals surface area contributed by atoms with Crippen molar-refractivity contribution in [2.45, 2.75) is 6.54 Å². The molecule has 6 nitrogen and oxygen atoms in total. The third-order valence-corrected chi connectivity index (χ3v) is 5.52. The van der Waals surface area contributed by atoms with Gasteiger partial charge in [-0.1, -0.05) is 30.3 Å². The standard InChI is InChI=1S/C24H24FN3O3/c1-31-22-10-7-19(25)15-18(22)16-27-11-13-28(14-12-27)24(30)20-8-9-21(26-23(20)29)17-5-3-2-4-6-17/h2-10,15H,11-14,16H2,1H3,(H,26,29). The van der Waals surface area contributed by atoms with Crippen LogP contribution in [0.4, 0.5) is 4.39 Å². The average molecular weight is 421 g/mol. The van der Waals surface area contributed by atoms with Crippen molar-refractivity contribution in [3.63, 3.8) is 0 Å². The van der Waals surface area contributed by atoms with Gasteiger partial charge in [-0.2, -0.15) is 0 Å². The van der Waals surface area contributed by atoms with E-state index >= 15 is 0 Å². The summed E-state index contributed by atoms with van der Waals surface area (Å²) in [7, 11) is 1.56. The molecular weight excluding hydrogens is 397 g/mol. The van der Waals surface area contributed by atoms with E-state index in [1.807, 2.05) is 30.3 Å². The van der Waals surface area contributed by atoms with Gasteiger partial charge in [-0.05, 0) is 35.9 Å². The summed E-state index contributed by atoms with van der Waals surface area (Å²) in [5.41, 5.74) is 2.09. The van der Waals surface area contributed by atoms with Crippen molar-refractivity contribution >= 4 is 5.91 Å². The van der Waals surface area contributed by atoms with Crippen LogP contribution in [0.15, 0.2) is 65.5 Å². The number of amides is 1. The molecule has 1 amide bonds. The molecule has 1 aromatic heterocycles. The number of aromatic nitrogens is 1. The summed E-state index contributed by atoms with van der Waals surface area (Å²) in [6.45, 7) is 2.79. The Morgan fingerprint density at radius 1 is 1.03 bits per heavy atom. The molecule has 160 valence electrons. The predicted octanol–water partition coefficient (Wildman–Crippen LogP) is 3.15. The third-order valence-electron chi connectivity index (χ3n) is 5.52. The Labute approximate surface area is 179 Å². The lowest BCUT2D eigenvalue weighted by molar-refractivity contribution is 0.0625. The molecule has 1 N–H and O–H groups in total. The minimum Gasteiger partial charge on any atom is -0.496 e. The maximum Gasteiger partial charge on any atom is 0.261 e. The molecule has 0 unspecified atom stereocenters. The number of hydrogen-bond donors (Lipinski definition) is 1. The molecule has 4 rings (SSSR count). The van der Waals surface area contributed by atoms with Gasteiger partial charge in [-0.15, -0.1) is 0 Å². The number of hydrogen-bond acceptors (Lipinski definition) is 4. The van der Waals surface area contributed by atoms with Crippen molar-refractivity contribution in [1.29, 1.82) is 0 Å². The largest absolute Gasteiger partial charge is 0.496 e. The summed E-state index contributed by atoms with van der Waals surface area (Å²) in [4.78, 5) is 32.1. The van der Waals surface area contributed by atoms with Crippen molar-refractivity contribution in [2.24, 2.45) is 0 Å². The maximum atomic E-state index is 13.6. The van der Waals surface area contributed by atoms with Crippen molar-refractivity contribution in [3.8, 4) is 17.0 Å². The van der Waals surface area contributed by atoms with Crippen LogP contribution < -0.4 is 10.3 Å². The lowest BCUT2D eigenvalue weighted by Gasteiger charge is -2.34. The van der Waals surface area contributed by atoms with Crippen LogP contribution in [0.5, 0.6) is 5.75 Å². The summed E-state index contributed by atoms with van der Waals surface area (Å²) in [5, 5.41) is 0. The quantitative estimate of drug-likeness (QED) is 0.687. The van der Waals surface area contributed by atoms with Crippen LogP contribution in [0.3, 0.4) is 0 Å². The average Bonchev–Trinajstić information content (AvgIpc) is 2.80. The number of nitrogens with one attached hydrogen (secondary N) is 1. The number of methoxy groups -OCH3 is 1. The van der Waals surface area contributed by atoms with Gasteiger partial charge in [0.25, 0.3) is 11.5 Å². The molecule has 0 aliphatic carbocycles. The third kappa shape index (κ3) is 4.67. The van der Waals surface area contributed by atoms with Crippen LogP contribution >= 0.6 is 0 Å². The molecule has 0 spiro atoms. The number of piperazine rings is 1. The van der Waals surface area contributed by atoms with E-state index in [9.17, 15) is 14.0 Å². The zero-order chi connectivity index (χ0) is 21.8. The second-order valence-corrected chi connectivity index (χ2v) is 7.51. The lowest BCUT2D eigenvalue weighted by Crippen LogP contribution is -2.49. The second-order valence-electron chi connectivity index (χ2n) is 7.51. The van der Waals surface area contributed by atoms with Gasteiger partial charge in [0.2, 0.25) is 0 Å². The smallest absolute Gasteiger partial charge is 0.261 e. The highest BCUT2D eigenvalue weighted by atomic mass is 19.1. The summed E-state index contributed by atoms with van der Waals surface area (Å²) in [6.07, 6.45) is 0. The topological polar surface area (TPSA) is 65.6 Å². The fourth-order valence-electron chi connectivity index (χ4n) is 3.82. The number of H-pyrrole nitrogens is 1. The minimum absolute atomic E-state index is 0.139. The van der Waals surface area contributed by atoms with E-state index in [1.165, 1.54) is 12.1 Å². The van der Waals surface area contributed by atoms with Crippen LogP contribution in [-0.4, -0.2) is 54.0 Å². The summed E-state index contributed by atoms with van der Waals surface area (Å²) in [6, 6.07) is 17.3. The lowest BCUT2D eigenvalue weighted by atomic mass is 10.1. The predicted molar refractivity (Wildman–Crippen MR) is 117 cm³/mol. The minimum atomic E-state index is -0.390. The SMILES string of the molecule is COc1ccc(F)cc1CN1CCN(C(=O)c2ccc(-c3ccccc3)[nH]c2=O)CC1. The van der Waals surface area contributed by atoms with E-state index in [0.29, 0.717) is 44.2 Å². The zero-order valence-corrected chi connectivity index (χ0v) is 17.3. The molecule has 0 saturated carbocycles. The monoisotopic (exact) mass is 421 g/mol. The Morgan fingerprint density at radius 2 is 1.77 bits per heavy atom. The fourth-order valence-corrected chi connectivity index (χ4v) is 3.82. The first-order valence-electron chi connectivity index (χ1n) is 10.2. The molecular formula is C24H24FN3O3. The number of carbonyl (C=O) groups is 1. The van der Waals surface area contributed by atoms with Crippen LogP contribution in [0.2, 0.25) is 0 Å². The number of aromatic amines is 1. The first kappa shape index (κ1) is 20.8. The van der Waals surface area contributed by atoms with Gasteiger partial charge in [0.1, 0.15) is 17.1 Å². The van der Waals surface area contributed by atoms with E-state index in [1.54, 1.807) is 30.2 Å². The molecule has 1 fully saturated rings. The number of nitrogens with zero attached hydrogens (tertiary/aromatic N) is 2. The first-order chi connectivity index (χ1) is 15.0. The van der Waals surface area contributed by atoms with Crippen LogP contribution in [0, 0.1) is 5.82 Å². The molecule has 7 heteroatoms. The van der Waals surface area contributed by atoms with Crippen LogP contribution in [-0.2, 0) is 6.54 Å². The highest BCUT2D eigenvalue weighted by Gasteiger charge is 2.24. The molecule has 2 heterocycles. The number of carbonyl (C=O) groups excluding carboxylic acids is 1. The van der Waals surface area contributed by atoms with Crippen molar-refractivity contribution in [3.05, 3.63) is 88.0 Å². The summed E-state index contributed by atoms with van der Waals surface area (Å²) >= 11 is 0. The normalized spacial score (nSPS) is 14.5. The second kappa shape index (κ2) is 9.14. The van der Waals surface area contributed by atoms with Gasteiger partial charge in [0.05, 0.1) is 7.11 Å². The van der Waals surface area contributed by atoms with Crippen LogP contribution in [0.25, 0.3) is 11.3 Å². The highest BCUT2D eigenvalue weighted by Crippen LogP contribution is 2.22. The summed E-state index contributed by atoms with van der Waals surface area (Å²) in [5.74, 6) is 0.0663. The first-order valence-corrected chi connectivity index (χ1v) is 10.2. The van der Waals surface area contributed by atoms with Crippen LogP contribution in [0.1, 0.15) is 15.9 Å². The Kier molecular flexibility index (Phi) is 6.13. The Morgan fingerprint density at radius 3 is 2.45 bits per heavy atom. The molecule has 31 heavy (non-hydrogen) atoms. The van der Waals surface area contributed by atoms with E-state index in [-0.39, 0.29) is 17.3 Å². The Bertz CT molecular complexity index is 1120. The van der Waals surface area contributed by atoms with Gasteiger partial charge in [0.15, 0.2) is 0 Å². The van der Waals surface area contributed by atoms with Crippen molar-refractivity contribution in [1.82, 2.24) is 14.8 Å². The number of benzene rings is 2. The Hall–Kier alpha value is -3.45. The number of pyridine rings is 1. The molecule has 0 atom stereocenters. The van der Waals surface area contributed by atoms with E-state index < -0.39 is 5.56 Å². The van der Waals surface area contributed by atoms with Gasteiger partial charge in [0, 0.05) is 44.0 Å². The van der Waals surface area contributed by atoms with Crippen molar-refractivity contribution in [2.75, 3.05) is 33.3 Å². The van der Waals surface area contributed by atoms with Gasteiger partial charge in [-0.3, -0.25) is 14.5 Å². The molecule has 1 aliphatic heterocycles. The molecule has 1 aliphatic rings. The number of ether oxygens (including phenoxy) is 1. The maximum absolute atomic E-state index is 13.6. The highest BCUT2D eigenvalue weighted by molar-refractivity contribution is 5.94. The van der Waals surface area contributed by atoms with Gasteiger partial charge < -0.3 is 14.6 Å². The Balaban J connectivity index is 1.41. The molecule has 3 aromatic rings. The van der Waals surface area contributed by atoms with Gasteiger partial charge >= 0.3 is 0 Å². The van der Waals surface area contributed by atoms with E-state index in [4.69, 9.17) is 4.74 Å². The van der Waals surface area contributed by atoms with Crippen molar-refractivity contribution < 1.29 is 13.9 Å².